The van der Waals surface area contributed by atoms with Crippen molar-refractivity contribution in [3.63, 3.8) is 0 Å². The Balaban J connectivity index is 1.50. The third-order valence-electron chi connectivity index (χ3n) is 4.69. The van der Waals surface area contributed by atoms with Gasteiger partial charge in [0.25, 0.3) is 0 Å². The van der Waals surface area contributed by atoms with Gasteiger partial charge in [-0.2, -0.15) is 0 Å². The SMILES string of the molecule is Cc1ccc2cc(COC(=O)Cc3noc4ccccc34)c(Cl)nc2c1C. The van der Waals surface area contributed by atoms with Gasteiger partial charge in [0.05, 0.1) is 11.9 Å². The standard InChI is InChI=1S/C21H17ClN2O3/c1-12-7-8-14-9-15(21(22)23-20(14)13(12)2)11-26-19(25)10-17-16-5-3-4-6-18(16)27-24-17/h3-9H,10-11H2,1-2H3. The van der Waals surface area contributed by atoms with Crippen molar-refractivity contribution in [2.24, 2.45) is 0 Å². The number of ether oxygens (including phenoxy) is 1. The summed E-state index contributed by atoms with van der Waals surface area (Å²) >= 11 is 6.30. The molecule has 2 aromatic heterocycles. The molecule has 0 fully saturated rings. The van der Waals surface area contributed by atoms with E-state index >= 15 is 0 Å². The first-order valence-electron chi connectivity index (χ1n) is 8.57. The molecule has 0 unspecified atom stereocenters. The molecule has 0 saturated carbocycles. The number of hydrogen-bond acceptors (Lipinski definition) is 5. The van der Waals surface area contributed by atoms with E-state index in [0.717, 1.165) is 27.4 Å². The summed E-state index contributed by atoms with van der Waals surface area (Å²) in [5.74, 6) is -0.398. The van der Waals surface area contributed by atoms with Crippen LogP contribution in [0.5, 0.6) is 0 Å². The smallest absolute Gasteiger partial charge is 0.312 e. The molecular formula is C21H17ClN2O3. The van der Waals surface area contributed by atoms with Gasteiger partial charge in [-0.15, -0.1) is 0 Å². The van der Waals surface area contributed by atoms with Gasteiger partial charge in [0.2, 0.25) is 0 Å². The molecule has 0 N–H and O–H groups in total. The Bertz CT molecular complexity index is 1170. The van der Waals surface area contributed by atoms with E-state index in [1.54, 1.807) is 6.07 Å². The first kappa shape index (κ1) is 17.5. The lowest BCUT2D eigenvalue weighted by molar-refractivity contribution is -0.144. The van der Waals surface area contributed by atoms with Crippen LogP contribution in [0.15, 0.2) is 47.0 Å². The highest BCUT2D eigenvalue weighted by Crippen LogP contribution is 2.25. The van der Waals surface area contributed by atoms with E-state index in [9.17, 15) is 4.79 Å². The molecule has 0 aliphatic rings. The fourth-order valence-electron chi connectivity index (χ4n) is 3.02. The van der Waals surface area contributed by atoms with Crippen molar-refractivity contribution >= 4 is 39.4 Å². The zero-order valence-electron chi connectivity index (χ0n) is 15.0. The van der Waals surface area contributed by atoms with E-state index in [1.165, 1.54) is 0 Å². The molecular weight excluding hydrogens is 364 g/mol. The van der Waals surface area contributed by atoms with Crippen LogP contribution in [0.4, 0.5) is 0 Å². The molecule has 0 aliphatic heterocycles. The zero-order chi connectivity index (χ0) is 19.0. The average Bonchev–Trinajstić information content (AvgIpc) is 3.07. The molecule has 0 bridgehead atoms. The Labute approximate surface area is 160 Å². The maximum Gasteiger partial charge on any atom is 0.312 e. The van der Waals surface area contributed by atoms with Gasteiger partial charge in [0, 0.05) is 16.3 Å². The van der Waals surface area contributed by atoms with Crippen LogP contribution in [0.3, 0.4) is 0 Å². The second kappa shape index (κ2) is 7.00. The van der Waals surface area contributed by atoms with Crippen molar-refractivity contribution in [2.75, 3.05) is 0 Å². The monoisotopic (exact) mass is 380 g/mol. The van der Waals surface area contributed by atoms with Gasteiger partial charge in [0.1, 0.15) is 17.5 Å². The number of para-hydroxylation sites is 1. The number of fused-ring (bicyclic) bond motifs is 2. The number of carbonyl (C=O) groups excluding carboxylic acids is 1. The highest BCUT2D eigenvalue weighted by molar-refractivity contribution is 6.30. The summed E-state index contributed by atoms with van der Waals surface area (Å²) in [5.41, 5.74) is 4.99. The minimum Gasteiger partial charge on any atom is -0.460 e. The largest absolute Gasteiger partial charge is 0.460 e. The van der Waals surface area contributed by atoms with Gasteiger partial charge in [0.15, 0.2) is 5.58 Å². The van der Waals surface area contributed by atoms with Crippen LogP contribution in [0, 0.1) is 13.8 Å². The van der Waals surface area contributed by atoms with Crippen LogP contribution >= 0.6 is 11.6 Å². The predicted octanol–water partition coefficient (Wildman–Crippen LogP) is 4.93. The normalized spacial score (nSPS) is 11.2. The number of benzene rings is 2. The van der Waals surface area contributed by atoms with Crippen molar-refractivity contribution in [1.29, 1.82) is 0 Å². The summed E-state index contributed by atoms with van der Waals surface area (Å²) in [6, 6.07) is 13.3. The molecule has 0 aliphatic carbocycles. The minimum atomic E-state index is -0.398. The lowest BCUT2D eigenvalue weighted by atomic mass is 10.0. The quantitative estimate of drug-likeness (QED) is 0.371. The van der Waals surface area contributed by atoms with E-state index in [1.807, 2.05) is 50.2 Å². The third-order valence-corrected chi connectivity index (χ3v) is 5.02. The van der Waals surface area contributed by atoms with Crippen LogP contribution < -0.4 is 0 Å². The van der Waals surface area contributed by atoms with Crippen molar-refractivity contribution in [3.8, 4) is 0 Å². The van der Waals surface area contributed by atoms with Gasteiger partial charge < -0.3 is 9.26 Å². The topological polar surface area (TPSA) is 65.2 Å². The number of esters is 1. The van der Waals surface area contributed by atoms with Crippen molar-refractivity contribution < 1.29 is 14.1 Å². The van der Waals surface area contributed by atoms with Crippen molar-refractivity contribution in [1.82, 2.24) is 10.1 Å². The van der Waals surface area contributed by atoms with E-state index in [4.69, 9.17) is 20.9 Å². The van der Waals surface area contributed by atoms with Gasteiger partial charge >= 0.3 is 5.97 Å². The van der Waals surface area contributed by atoms with Crippen LogP contribution in [0.1, 0.15) is 22.4 Å². The number of nitrogens with zero attached hydrogens (tertiary/aromatic N) is 2. The molecule has 136 valence electrons. The van der Waals surface area contributed by atoms with Crippen molar-refractivity contribution in [2.45, 2.75) is 26.9 Å². The Kier molecular flexibility index (Phi) is 4.54. The van der Waals surface area contributed by atoms with Gasteiger partial charge in [-0.3, -0.25) is 4.79 Å². The first-order chi connectivity index (χ1) is 13.0. The molecule has 2 heterocycles. The number of rotatable bonds is 4. The molecule has 0 amide bonds. The summed E-state index contributed by atoms with van der Waals surface area (Å²) in [6.07, 6.45) is 0.0357. The zero-order valence-corrected chi connectivity index (χ0v) is 15.7. The second-order valence-electron chi connectivity index (χ2n) is 6.48. The van der Waals surface area contributed by atoms with Gasteiger partial charge in [-0.25, -0.2) is 4.98 Å². The number of pyridine rings is 1. The Morgan fingerprint density at radius 3 is 2.85 bits per heavy atom. The van der Waals surface area contributed by atoms with Crippen LogP contribution in [-0.2, 0) is 22.6 Å². The number of aromatic nitrogens is 2. The summed E-state index contributed by atoms with van der Waals surface area (Å²) in [5, 5.41) is 6.08. The maximum absolute atomic E-state index is 12.2. The molecule has 4 aromatic rings. The van der Waals surface area contributed by atoms with Crippen LogP contribution in [0.2, 0.25) is 5.15 Å². The number of hydrogen-bond donors (Lipinski definition) is 0. The summed E-state index contributed by atoms with van der Waals surface area (Å²) in [4.78, 5) is 16.7. The fourth-order valence-corrected chi connectivity index (χ4v) is 3.21. The molecule has 5 nitrogen and oxygen atoms in total. The van der Waals surface area contributed by atoms with E-state index < -0.39 is 5.97 Å². The van der Waals surface area contributed by atoms with Crippen LogP contribution in [-0.4, -0.2) is 16.1 Å². The second-order valence-corrected chi connectivity index (χ2v) is 6.84. The Morgan fingerprint density at radius 2 is 2.00 bits per heavy atom. The lowest BCUT2D eigenvalue weighted by Crippen LogP contribution is -2.09. The summed E-state index contributed by atoms with van der Waals surface area (Å²) < 4.78 is 10.6. The van der Waals surface area contributed by atoms with Gasteiger partial charge in [-0.05, 0) is 43.2 Å². The van der Waals surface area contributed by atoms with E-state index in [-0.39, 0.29) is 13.0 Å². The van der Waals surface area contributed by atoms with E-state index in [2.05, 4.69) is 10.1 Å². The number of halogens is 1. The predicted molar refractivity (Wildman–Crippen MR) is 104 cm³/mol. The van der Waals surface area contributed by atoms with E-state index in [0.29, 0.717) is 22.0 Å². The van der Waals surface area contributed by atoms with Crippen LogP contribution in [0.25, 0.3) is 21.9 Å². The molecule has 0 spiro atoms. The molecule has 2 aromatic carbocycles. The molecule has 0 atom stereocenters. The number of carbonyl (C=O) groups is 1. The Hall–Kier alpha value is -2.92. The summed E-state index contributed by atoms with van der Waals surface area (Å²) in [7, 11) is 0. The summed E-state index contributed by atoms with van der Waals surface area (Å²) in [6.45, 7) is 4.11. The molecule has 6 heteroatoms. The lowest BCUT2D eigenvalue weighted by Gasteiger charge is -2.10. The molecule has 0 radical (unpaired) electrons. The third kappa shape index (κ3) is 3.38. The van der Waals surface area contributed by atoms with Gasteiger partial charge in [-0.1, -0.05) is 41.0 Å². The molecule has 27 heavy (non-hydrogen) atoms. The average molecular weight is 381 g/mol. The minimum absolute atomic E-state index is 0.0357. The van der Waals surface area contributed by atoms with Crippen molar-refractivity contribution in [3.05, 3.63) is 70.0 Å². The molecule has 0 saturated heterocycles. The highest BCUT2D eigenvalue weighted by Gasteiger charge is 2.15. The Morgan fingerprint density at radius 1 is 1.19 bits per heavy atom. The number of aryl methyl sites for hydroxylation is 2. The highest BCUT2D eigenvalue weighted by atomic mass is 35.5. The maximum atomic E-state index is 12.2. The first-order valence-corrected chi connectivity index (χ1v) is 8.95. The fraction of sp³-hybridized carbons (Fsp3) is 0.190. The molecule has 4 rings (SSSR count).